The molecule has 0 amide bonds. The number of nitrogens with zero attached hydrogens (tertiary/aromatic N) is 1. The fraction of sp³-hybridized carbons (Fsp3) is 0.556. The van der Waals surface area contributed by atoms with E-state index in [1.54, 1.807) is 12.2 Å². The predicted octanol–water partition coefficient (Wildman–Crippen LogP) is 2.02. The van der Waals surface area contributed by atoms with Gasteiger partial charge in [-0.2, -0.15) is 0 Å². The summed E-state index contributed by atoms with van der Waals surface area (Å²) in [6.07, 6.45) is 2.68. The SMILES string of the molecule is CC(=O)O[C@@H]1C=C[C@@H]2OC(C(Cl)(Cl)Cl)=N[C@@H]21. The maximum atomic E-state index is 10.8. The Morgan fingerprint density at radius 3 is 2.75 bits per heavy atom. The second-order valence-electron chi connectivity index (χ2n) is 3.46. The number of hydrogen-bond acceptors (Lipinski definition) is 4. The molecule has 2 rings (SSSR count). The number of halogens is 3. The average molecular weight is 285 g/mol. The zero-order valence-corrected chi connectivity index (χ0v) is 10.5. The van der Waals surface area contributed by atoms with Crippen LogP contribution in [-0.2, 0) is 14.3 Å². The van der Waals surface area contributed by atoms with Gasteiger partial charge in [0.1, 0.15) is 18.2 Å². The van der Waals surface area contributed by atoms with Gasteiger partial charge in [0, 0.05) is 6.92 Å². The van der Waals surface area contributed by atoms with E-state index in [9.17, 15) is 4.79 Å². The van der Waals surface area contributed by atoms with Gasteiger partial charge in [0.15, 0.2) is 0 Å². The molecule has 0 aromatic rings. The van der Waals surface area contributed by atoms with Crippen molar-refractivity contribution in [3.8, 4) is 0 Å². The number of carbonyl (C=O) groups excluding carboxylic acids is 1. The van der Waals surface area contributed by atoms with Crippen molar-refractivity contribution in [1.29, 1.82) is 0 Å². The Labute approximate surface area is 107 Å². The lowest BCUT2D eigenvalue weighted by Crippen LogP contribution is -2.29. The number of hydrogen-bond donors (Lipinski definition) is 0. The van der Waals surface area contributed by atoms with E-state index in [1.165, 1.54) is 6.92 Å². The summed E-state index contributed by atoms with van der Waals surface area (Å²) in [6, 6.07) is -0.352. The normalized spacial score (nSPS) is 32.0. The zero-order valence-electron chi connectivity index (χ0n) is 8.19. The van der Waals surface area contributed by atoms with Crippen molar-refractivity contribution < 1.29 is 14.3 Å². The van der Waals surface area contributed by atoms with Crippen molar-refractivity contribution in [1.82, 2.24) is 0 Å². The number of rotatable bonds is 1. The van der Waals surface area contributed by atoms with Gasteiger partial charge in [0.05, 0.1) is 0 Å². The highest BCUT2D eigenvalue weighted by molar-refractivity contribution is 6.76. The molecular formula is C9H8Cl3NO3. The summed E-state index contributed by atoms with van der Waals surface area (Å²) in [4.78, 5) is 15.0. The van der Waals surface area contributed by atoms with Gasteiger partial charge in [-0.15, -0.1) is 0 Å². The van der Waals surface area contributed by atoms with Gasteiger partial charge < -0.3 is 9.47 Å². The molecule has 16 heavy (non-hydrogen) atoms. The Morgan fingerprint density at radius 2 is 2.19 bits per heavy atom. The van der Waals surface area contributed by atoms with Crippen molar-refractivity contribution in [2.75, 3.05) is 0 Å². The molecule has 0 bridgehead atoms. The zero-order chi connectivity index (χ0) is 11.9. The van der Waals surface area contributed by atoms with Crippen molar-refractivity contribution in [2.24, 2.45) is 4.99 Å². The van der Waals surface area contributed by atoms with Crippen LogP contribution in [0.25, 0.3) is 0 Å². The second-order valence-corrected chi connectivity index (χ2v) is 5.75. The van der Waals surface area contributed by atoms with Gasteiger partial charge in [-0.3, -0.25) is 4.79 Å². The molecule has 0 radical (unpaired) electrons. The van der Waals surface area contributed by atoms with Gasteiger partial charge in [-0.05, 0) is 12.2 Å². The molecule has 0 aromatic carbocycles. The van der Waals surface area contributed by atoms with Crippen molar-refractivity contribution in [3.63, 3.8) is 0 Å². The first-order valence-electron chi connectivity index (χ1n) is 4.55. The highest BCUT2D eigenvalue weighted by Crippen LogP contribution is 2.36. The lowest BCUT2D eigenvalue weighted by Gasteiger charge is -2.14. The molecule has 88 valence electrons. The minimum absolute atomic E-state index is 0.0361. The van der Waals surface area contributed by atoms with Gasteiger partial charge >= 0.3 is 5.97 Å². The van der Waals surface area contributed by atoms with E-state index < -0.39 is 9.90 Å². The number of alkyl halides is 3. The molecule has 7 heteroatoms. The summed E-state index contributed by atoms with van der Waals surface area (Å²) < 4.78 is 8.70. The molecule has 1 aliphatic heterocycles. The first-order chi connectivity index (χ1) is 7.38. The topological polar surface area (TPSA) is 47.9 Å². The Morgan fingerprint density at radius 1 is 1.50 bits per heavy atom. The average Bonchev–Trinajstić information content (AvgIpc) is 2.64. The van der Waals surface area contributed by atoms with Crippen LogP contribution in [0.3, 0.4) is 0 Å². The number of fused-ring (bicyclic) bond motifs is 1. The third-order valence-corrected chi connectivity index (χ3v) is 2.71. The molecular weight excluding hydrogens is 276 g/mol. The van der Waals surface area contributed by atoms with E-state index in [0.29, 0.717) is 0 Å². The van der Waals surface area contributed by atoms with Crippen molar-refractivity contribution in [3.05, 3.63) is 12.2 Å². The second kappa shape index (κ2) is 4.09. The molecule has 0 fully saturated rings. The lowest BCUT2D eigenvalue weighted by molar-refractivity contribution is -0.144. The van der Waals surface area contributed by atoms with Crippen molar-refractivity contribution in [2.45, 2.75) is 29.0 Å². The molecule has 0 unspecified atom stereocenters. The van der Waals surface area contributed by atoms with E-state index in [4.69, 9.17) is 44.3 Å². The first kappa shape index (κ1) is 12.0. The minimum atomic E-state index is -1.68. The largest absolute Gasteiger partial charge is 0.468 e. The summed E-state index contributed by atoms with van der Waals surface area (Å²) in [7, 11) is 0. The predicted molar refractivity (Wildman–Crippen MR) is 61.1 cm³/mol. The van der Waals surface area contributed by atoms with Gasteiger partial charge in [0.2, 0.25) is 5.90 Å². The summed E-state index contributed by atoms with van der Waals surface area (Å²) in [6.45, 7) is 1.33. The molecule has 2 aliphatic rings. The maximum Gasteiger partial charge on any atom is 0.303 e. The van der Waals surface area contributed by atoms with Crippen LogP contribution in [0.5, 0.6) is 0 Å². The monoisotopic (exact) mass is 283 g/mol. The van der Waals surface area contributed by atoms with E-state index in [1.807, 2.05) is 0 Å². The molecule has 1 heterocycles. The fourth-order valence-electron chi connectivity index (χ4n) is 1.62. The molecule has 4 nitrogen and oxygen atoms in total. The number of aliphatic imine (C=N–C) groups is 1. The van der Waals surface area contributed by atoms with Crippen LogP contribution in [-0.4, -0.2) is 33.9 Å². The first-order valence-corrected chi connectivity index (χ1v) is 5.68. The summed E-state index contributed by atoms with van der Waals surface area (Å²) >= 11 is 16.9. The molecule has 0 aromatic heterocycles. The fourth-order valence-corrected chi connectivity index (χ4v) is 1.90. The number of esters is 1. The van der Waals surface area contributed by atoms with Crippen LogP contribution in [0, 0.1) is 0 Å². The quantitative estimate of drug-likeness (QED) is 0.420. The van der Waals surface area contributed by atoms with Crippen molar-refractivity contribution >= 4 is 46.7 Å². The molecule has 0 N–H and O–H groups in total. The minimum Gasteiger partial charge on any atom is -0.468 e. The van der Waals surface area contributed by atoms with E-state index >= 15 is 0 Å². The smallest absolute Gasteiger partial charge is 0.303 e. The summed E-state index contributed by atoms with van der Waals surface area (Å²) in [5.41, 5.74) is 0. The van der Waals surface area contributed by atoms with Crippen LogP contribution in [0.2, 0.25) is 0 Å². The standard InChI is InChI=1S/C9H8Cl3NO3/c1-4(14)15-5-2-3-6-7(5)13-8(16-6)9(10,11)12/h2-3,5-7H,1H3/t5-,6+,7-/m1/s1. The van der Waals surface area contributed by atoms with Gasteiger partial charge in [-0.25, -0.2) is 4.99 Å². The third-order valence-electron chi connectivity index (χ3n) is 2.22. The number of carbonyl (C=O) groups is 1. The van der Waals surface area contributed by atoms with Gasteiger partial charge in [-0.1, -0.05) is 34.8 Å². The Hall–Kier alpha value is -0.450. The van der Waals surface area contributed by atoms with E-state index in [0.717, 1.165) is 0 Å². The highest BCUT2D eigenvalue weighted by Gasteiger charge is 2.45. The lowest BCUT2D eigenvalue weighted by atomic mass is 10.2. The molecule has 3 atom stereocenters. The molecule has 0 saturated heterocycles. The summed E-state index contributed by atoms with van der Waals surface area (Å²) in [5, 5.41) is 0. The Bertz CT molecular complexity index is 375. The van der Waals surface area contributed by atoms with Crippen LogP contribution in [0.15, 0.2) is 17.1 Å². The molecule has 1 aliphatic carbocycles. The van der Waals surface area contributed by atoms with Crippen LogP contribution < -0.4 is 0 Å². The van der Waals surface area contributed by atoms with Crippen LogP contribution >= 0.6 is 34.8 Å². The van der Waals surface area contributed by atoms with Crippen LogP contribution in [0.4, 0.5) is 0 Å². The Kier molecular flexibility index (Phi) is 3.07. The van der Waals surface area contributed by atoms with E-state index in [-0.39, 0.29) is 24.0 Å². The summed E-state index contributed by atoms with van der Waals surface area (Å²) in [5.74, 6) is -0.346. The Balaban J connectivity index is 2.12. The molecule has 0 spiro atoms. The number of ether oxygens (including phenoxy) is 2. The molecule has 0 saturated carbocycles. The van der Waals surface area contributed by atoms with E-state index in [2.05, 4.69) is 4.99 Å². The van der Waals surface area contributed by atoms with Crippen LogP contribution in [0.1, 0.15) is 6.92 Å². The highest BCUT2D eigenvalue weighted by atomic mass is 35.6. The van der Waals surface area contributed by atoms with Gasteiger partial charge in [0.25, 0.3) is 3.79 Å². The third kappa shape index (κ3) is 2.29. The maximum absolute atomic E-state index is 10.8.